The molecule has 0 aliphatic heterocycles. The highest BCUT2D eigenvalue weighted by Gasteiger charge is 2.16. The highest BCUT2D eigenvalue weighted by molar-refractivity contribution is 7.19. The molecule has 0 amide bonds. The number of fused-ring (bicyclic) bond motifs is 1. The van der Waals surface area contributed by atoms with Gasteiger partial charge in [-0.2, -0.15) is 0 Å². The standard InChI is InChI=1S/C19H14FN3S/c1-12-16(13-7-9-14(20)10-8-13)17-18(21-11-22-19(17)24-12)23-15-5-3-2-4-6-15/h2-11H,1H3,(H,21,22,23). The van der Waals surface area contributed by atoms with Crippen molar-refractivity contribution in [3.05, 3.63) is 71.6 Å². The number of hydrogen-bond donors (Lipinski definition) is 1. The zero-order valence-electron chi connectivity index (χ0n) is 13.0. The fraction of sp³-hybridized carbons (Fsp3) is 0.0526. The van der Waals surface area contributed by atoms with Crippen LogP contribution in [0.1, 0.15) is 4.88 Å². The van der Waals surface area contributed by atoms with Crippen LogP contribution in [-0.2, 0) is 0 Å². The highest BCUT2D eigenvalue weighted by atomic mass is 32.1. The van der Waals surface area contributed by atoms with E-state index in [2.05, 4.69) is 22.2 Å². The SMILES string of the molecule is Cc1sc2ncnc(Nc3ccccc3)c2c1-c1ccc(F)cc1. The number of aryl methyl sites for hydroxylation is 1. The van der Waals surface area contributed by atoms with Gasteiger partial charge in [0.25, 0.3) is 0 Å². The predicted octanol–water partition coefficient (Wildman–Crippen LogP) is 5.55. The Morgan fingerprint density at radius 1 is 0.958 bits per heavy atom. The molecule has 2 aromatic heterocycles. The van der Waals surface area contributed by atoms with Crippen molar-refractivity contribution in [3.63, 3.8) is 0 Å². The van der Waals surface area contributed by atoms with Gasteiger partial charge in [-0.25, -0.2) is 14.4 Å². The lowest BCUT2D eigenvalue weighted by Crippen LogP contribution is -1.95. The minimum Gasteiger partial charge on any atom is -0.340 e. The fourth-order valence-corrected chi connectivity index (χ4v) is 3.77. The Hall–Kier alpha value is -2.79. The van der Waals surface area contributed by atoms with Crippen molar-refractivity contribution in [3.8, 4) is 11.1 Å². The summed E-state index contributed by atoms with van der Waals surface area (Å²) in [5.74, 6) is 0.518. The molecule has 0 saturated heterocycles. The molecule has 0 aliphatic carbocycles. The van der Waals surface area contributed by atoms with Crippen molar-refractivity contribution in [2.75, 3.05) is 5.32 Å². The van der Waals surface area contributed by atoms with Crippen molar-refractivity contribution >= 4 is 33.1 Å². The van der Waals surface area contributed by atoms with Crippen LogP contribution in [0.25, 0.3) is 21.3 Å². The van der Waals surface area contributed by atoms with E-state index in [4.69, 9.17) is 0 Å². The van der Waals surface area contributed by atoms with Crippen molar-refractivity contribution in [1.29, 1.82) is 0 Å². The molecule has 1 N–H and O–H groups in total. The van der Waals surface area contributed by atoms with Gasteiger partial charge in [-0.15, -0.1) is 11.3 Å². The number of para-hydroxylation sites is 1. The Kier molecular flexibility index (Phi) is 3.70. The van der Waals surface area contributed by atoms with E-state index in [9.17, 15) is 4.39 Å². The molecule has 0 aliphatic rings. The van der Waals surface area contributed by atoms with Gasteiger partial charge in [0.05, 0.1) is 5.39 Å². The Morgan fingerprint density at radius 3 is 2.46 bits per heavy atom. The molecule has 24 heavy (non-hydrogen) atoms. The zero-order valence-corrected chi connectivity index (χ0v) is 13.8. The number of aromatic nitrogens is 2. The summed E-state index contributed by atoms with van der Waals surface area (Å²) in [6.45, 7) is 2.05. The Morgan fingerprint density at radius 2 is 1.71 bits per heavy atom. The van der Waals surface area contributed by atoms with Crippen LogP contribution in [0.4, 0.5) is 15.9 Å². The normalized spacial score (nSPS) is 10.9. The van der Waals surface area contributed by atoms with E-state index in [0.29, 0.717) is 0 Å². The summed E-state index contributed by atoms with van der Waals surface area (Å²) in [4.78, 5) is 10.9. The maximum Gasteiger partial charge on any atom is 0.143 e. The van der Waals surface area contributed by atoms with Crippen LogP contribution < -0.4 is 5.32 Å². The number of anilines is 2. The smallest absolute Gasteiger partial charge is 0.143 e. The Balaban J connectivity index is 1.91. The predicted molar refractivity (Wildman–Crippen MR) is 97.3 cm³/mol. The van der Waals surface area contributed by atoms with E-state index in [0.717, 1.165) is 37.7 Å². The molecule has 0 fully saturated rings. The molecule has 4 aromatic rings. The molecule has 4 rings (SSSR count). The van der Waals surface area contributed by atoms with Crippen LogP contribution in [0.15, 0.2) is 60.9 Å². The summed E-state index contributed by atoms with van der Waals surface area (Å²) in [5, 5.41) is 4.33. The number of halogens is 1. The third-order valence-electron chi connectivity index (χ3n) is 3.83. The van der Waals surface area contributed by atoms with Crippen LogP contribution in [0.5, 0.6) is 0 Å². The summed E-state index contributed by atoms with van der Waals surface area (Å²) in [7, 11) is 0. The first kappa shape index (κ1) is 14.8. The topological polar surface area (TPSA) is 37.8 Å². The minimum atomic E-state index is -0.241. The lowest BCUT2D eigenvalue weighted by Gasteiger charge is -2.09. The molecule has 0 unspecified atom stereocenters. The number of thiophene rings is 1. The van der Waals surface area contributed by atoms with Crippen LogP contribution in [0.2, 0.25) is 0 Å². The zero-order chi connectivity index (χ0) is 16.5. The molecule has 0 spiro atoms. The first-order valence-electron chi connectivity index (χ1n) is 7.54. The second-order valence-electron chi connectivity index (χ2n) is 5.43. The number of nitrogens with zero attached hydrogens (tertiary/aromatic N) is 2. The molecule has 2 aromatic carbocycles. The number of rotatable bonds is 3. The van der Waals surface area contributed by atoms with E-state index in [1.54, 1.807) is 29.8 Å². The maximum absolute atomic E-state index is 13.3. The van der Waals surface area contributed by atoms with E-state index in [-0.39, 0.29) is 5.82 Å². The number of benzene rings is 2. The second kappa shape index (κ2) is 6.02. The van der Waals surface area contributed by atoms with Gasteiger partial charge in [0.2, 0.25) is 0 Å². The van der Waals surface area contributed by atoms with Crippen LogP contribution >= 0.6 is 11.3 Å². The highest BCUT2D eigenvalue weighted by Crippen LogP contribution is 2.40. The van der Waals surface area contributed by atoms with Gasteiger partial charge in [0.1, 0.15) is 22.8 Å². The Labute approximate surface area is 142 Å². The monoisotopic (exact) mass is 335 g/mol. The largest absolute Gasteiger partial charge is 0.340 e. The molecule has 5 heteroatoms. The van der Waals surface area contributed by atoms with Crippen LogP contribution in [0.3, 0.4) is 0 Å². The molecule has 0 saturated carbocycles. The summed E-state index contributed by atoms with van der Waals surface area (Å²) in [5.41, 5.74) is 2.98. The van der Waals surface area contributed by atoms with Gasteiger partial charge in [0.15, 0.2) is 0 Å². The van der Waals surface area contributed by atoms with Gasteiger partial charge in [-0.05, 0) is 36.8 Å². The molecule has 2 heterocycles. The van der Waals surface area contributed by atoms with Crippen LogP contribution in [0, 0.1) is 12.7 Å². The molecular formula is C19H14FN3S. The van der Waals surface area contributed by atoms with Gasteiger partial charge in [-0.3, -0.25) is 0 Å². The third kappa shape index (κ3) is 2.63. The summed E-state index contributed by atoms with van der Waals surface area (Å²) < 4.78 is 13.3. The fourth-order valence-electron chi connectivity index (χ4n) is 2.76. The van der Waals surface area contributed by atoms with Gasteiger partial charge in [0, 0.05) is 16.1 Å². The number of hydrogen-bond acceptors (Lipinski definition) is 4. The maximum atomic E-state index is 13.3. The third-order valence-corrected chi connectivity index (χ3v) is 4.85. The van der Waals surface area contributed by atoms with Gasteiger partial charge < -0.3 is 5.32 Å². The molecule has 0 atom stereocenters. The first-order chi connectivity index (χ1) is 11.7. The van der Waals surface area contributed by atoms with E-state index in [1.165, 1.54) is 12.1 Å². The van der Waals surface area contributed by atoms with E-state index >= 15 is 0 Å². The average Bonchev–Trinajstić information content (AvgIpc) is 2.94. The van der Waals surface area contributed by atoms with Gasteiger partial charge in [-0.1, -0.05) is 30.3 Å². The quantitative estimate of drug-likeness (QED) is 0.533. The average molecular weight is 335 g/mol. The van der Waals surface area contributed by atoms with Gasteiger partial charge >= 0.3 is 0 Å². The van der Waals surface area contributed by atoms with Crippen molar-refractivity contribution in [2.24, 2.45) is 0 Å². The van der Waals surface area contributed by atoms with Crippen molar-refractivity contribution < 1.29 is 4.39 Å². The Bertz CT molecular complexity index is 994. The van der Waals surface area contributed by atoms with Crippen molar-refractivity contribution in [1.82, 2.24) is 9.97 Å². The summed E-state index contributed by atoms with van der Waals surface area (Å²) in [6, 6.07) is 16.4. The number of nitrogens with one attached hydrogen (secondary N) is 1. The molecule has 3 nitrogen and oxygen atoms in total. The van der Waals surface area contributed by atoms with E-state index < -0.39 is 0 Å². The first-order valence-corrected chi connectivity index (χ1v) is 8.36. The van der Waals surface area contributed by atoms with Crippen LogP contribution in [-0.4, -0.2) is 9.97 Å². The molecule has 0 radical (unpaired) electrons. The lowest BCUT2D eigenvalue weighted by molar-refractivity contribution is 0.628. The van der Waals surface area contributed by atoms with E-state index in [1.807, 2.05) is 30.3 Å². The minimum absolute atomic E-state index is 0.241. The molecule has 0 bridgehead atoms. The van der Waals surface area contributed by atoms with Crippen molar-refractivity contribution in [2.45, 2.75) is 6.92 Å². The lowest BCUT2D eigenvalue weighted by atomic mass is 10.0. The summed E-state index contributed by atoms with van der Waals surface area (Å²) >= 11 is 1.62. The molecule has 118 valence electrons. The second-order valence-corrected chi connectivity index (χ2v) is 6.64. The molecular weight excluding hydrogens is 321 g/mol. The summed E-state index contributed by atoms with van der Waals surface area (Å²) in [6.07, 6.45) is 1.57.